The Kier molecular flexibility index (Phi) is 3.09. The number of nitrogens with two attached hydrogens (primary N) is 1. The molecule has 15 heavy (non-hydrogen) atoms. The SMILES string of the molecule is C[C@@H]1CCC[C@@H](Oc2ncccc2N)C1. The van der Waals surface area contributed by atoms with E-state index in [-0.39, 0.29) is 0 Å². The van der Waals surface area contributed by atoms with Gasteiger partial charge in [-0.15, -0.1) is 0 Å². The molecular formula is C12H18N2O. The number of anilines is 1. The average Bonchev–Trinajstić information content (AvgIpc) is 2.22. The van der Waals surface area contributed by atoms with Crippen molar-refractivity contribution in [2.24, 2.45) is 5.92 Å². The third-order valence-electron chi connectivity index (χ3n) is 2.97. The first-order valence-corrected chi connectivity index (χ1v) is 5.63. The highest BCUT2D eigenvalue weighted by molar-refractivity contribution is 5.46. The Balaban J connectivity index is 1.99. The van der Waals surface area contributed by atoms with Crippen LogP contribution in [0.2, 0.25) is 0 Å². The summed E-state index contributed by atoms with van der Waals surface area (Å²) in [6, 6.07) is 3.65. The summed E-state index contributed by atoms with van der Waals surface area (Å²) in [5, 5.41) is 0. The van der Waals surface area contributed by atoms with Crippen LogP contribution in [0.3, 0.4) is 0 Å². The van der Waals surface area contributed by atoms with E-state index in [4.69, 9.17) is 10.5 Å². The van der Waals surface area contributed by atoms with Crippen molar-refractivity contribution in [3.8, 4) is 5.88 Å². The summed E-state index contributed by atoms with van der Waals surface area (Å²) in [5.74, 6) is 1.35. The Morgan fingerprint density at radius 2 is 2.33 bits per heavy atom. The lowest BCUT2D eigenvalue weighted by molar-refractivity contribution is 0.125. The number of nitrogen functional groups attached to an aromatic ring is 1. The van der Waals surface area contributed by atoms with E-state index in [2.05, 4.69) is 11.9 Å². The molecule has 3 nitrogen and oxygen atoms in total. The Bertz CT molecular complexity index is 327. The third kappa shape index (κ3) is 2.61. The molecule has 82 valence electrons. The minimum Gasteiger partial charge on any atom is -0.473 e. The first kappa shape index (κ1) is 10.3. The molecule has 0 aliphatic heterocycles. The molecule has 1 fully saturated rings. The molecule has 2 rings (SSSR count). The van der Waals surface area contributed by atoms with Gasteiger partial charge in [0.15, 0.2) is 0 Å². The van der Waals surface area contributed by atoms with Crippen LogP contribution in [0.25, 0.3) is 0 Å². The Morgan fingerprint density at radius 3 is 3.07 bits per heavy atom. The van der Waals surface area contributed by atoms with Gasteiger partial charge in [0, 0.05) is 6.20 Å². The largest absolute Gasteiger partial charge is 0.473 e. The highest BCUT2D eigenvalue weighted by atomic mass is 16.5. The highest BCUT2D eigenvalue weighted by Crippen LogP contribution is 2.28. The predicted molar refractivity (Wildman–Crippen MR) is 60.7 cm³/mol. The lowest BCUT2D eigenvalue weighted by atomic mass is 9.89. The number of ether oxygens (including phenoxy) is 1. The molecule has 1 aromatic rings. The van der Waals surface area contributed by atoms with Gasteiger partial charge in [-0.3, -0.25) is 0 Å². The topological polar surface area (TPSA) is 48.1 Å². The predicted octanol–water partition coefficient (Wildman–Crippen LogP) is 2.62. The van der Waals surface area contributed by atoms with Crippen molar-refractivity contribution in [3.05, 3.63) is 18.3 Å². The maximum Gasteiger partial charge on any atom is 0.237 e. The van der Waals surface area contributed by atoms with Crippen LogP contribution in [0.5, 0.6) is 5.88 Å². The molecular weight excluding hydrogens is 188 g/mol. The van der Waals surface area contributed by atoms with Gasteiger partial charge in [0.25, 0.3) is 0 Å². The van der Waals surface area contributed by atoms with Gasteiger partial charge in [0.2, 0.25) is 5.88 Å². The Labute approximate surface area is 90.7 Å². The second kappa shape index (κ2) is 4.51. The van der Waals surface area contributed by atoms with Crippen molar-refractivity contribution in [2.75, 3.05) is 5.73 Å². The van der Waals surface area contributed by atoms with Crippen LogP contribution >= 0.6 is 0 Å². The summed E-state index contributed by atoms with van der Waals surface area (Å²) < 4.78 is 5.82. The molecule has 0 unspecified atom stereocenters. The number of rotatable bonds is 2. The molecule has 1 saturated carbocycles. The van der Waals surface area contributed by atoms with Gasteiger partial charge in [-0.25, -0.2) is 4.98 Å². The lowest BCUT2D eigenvalue weighted by Gasteiger charge is -2.27. The van der Waals surface area contributed by atoms with E-state index in [9.17, 15) is 0 Å². The number of pyridine rings is 1. The van der Waals surface area contributed by atoms with Crippen molar-refractivity contribution < 1.29 is 4.74 Å². The van der Waals surface area contributed by atoms with Crippen molar-refractivity contribution in [3.63, 3.8) is 0 Å². The number of nitrogens with zero attached hydrogens (tertiary/aromatic N) is 1. The van der Waals surface area contributed by atoms with Crippen LogP contribution < -0.4 is 10.5 Å². The molecule has 2 atom stereocenters. The number of hydrogen-bond acceptors (Lipinski definition) is 3. The first-order valence-electron chi connectivity index (χ1n) is 5.63. The molecule has 0 spiro atoms. The molecule has 1 aromatic heterocycles. The maximum absolute atomic E-state index is 5.82. The van der Waals surface area contributed by atoms with Gasteiger partial charge in [0.1, 0.15) is 6.10 Å². The van der Waals surface area contributed by atoms with Crippen LogP contribution in [-0.2, 0) is 0 Å². The fourth-order valence-corrected chi connectivity index (χ4v) is 2.15. The quantitative estimate of drug-likeness (QED) is 0.809. The summed E-state index contributed by atoms with van der Waals surface area (Å²) in [7, 11) is 0. The van der Waals surface area contributed by atoms with E-state index in [1.807, 2.05) is 12.1 Å². The van der Waals surface area contributed by atoms with Gasteiger partial charge >= 0.3 is 0 Å². The van der Waals surface area contributed by atoms with Gasteiger partial charge in [-0.1, -0.05) is 13.3 Å². The van der Waals surface area contributed by atoms with Crippen LogP contribution in [0.4, 0.5) is 5.69 Å². The zero-order valence-electron chi connectivity index (χ0n) is 9.15. The standard InChI is InChI=1S/C12H18N2O/c1-9-4-2-5-10(8-9)15-12-11(13)6-3-7-14-12/h3,6-7,9-10H,2,4-5,8,13H2,1H3/t9-,10-/m1/s1. The fraction of sp³-hybridized carbons (Fsp3) is 0.583. The van der Waals surface area contributed by atoms with E-state index in [0.717, 1.165) is 18.8 Å². The summed E-state index contributed by atoms with van der Waals surface area (Å²) >= 11 is 0. The zero-order valence-corrected chi connectivity index (χ0v) is 9.15. The van der Waals surface area contributed by atoms with Gasteiger partial charge in [-0.2, -0.15) is 0 Å². The van der Waals surface area contributed by atoms with Crippen LogP contribution in [0.15, 0.2) is 18.3 Å². The minimum absolute atomic E-state index is 0.297. The molecule has 1 heterocycles. The fourth-order valence-electron chi connectivity index (χ4n) is 2.15. The summed E-state index contributed by atoms with van der Waals surface area (Å²) in [5.41, 5.74) is 6.42. The smallest absolute Gasteiger partial charge is 0.237 e. The third-order valence-corrected chi connectivity index (χ3v) is 2.97. The van der Waals surface area contributed by atoms with E-state index in [1.165, 1.54) is 12.8 Å². The summed E-state index contributed by atoms with van der Waals surface area (Å²) in [4.78, 5) is 4.15. The highest BCUT2D eigenvalue weighted by Gasteiger charge is 2.21. The van der Waals surface area contributed by atoms with Crippen LogP contribution in [0.1, 0.15) is 32.6 Å². The maximum atomic E-state index is 5.82. The molecule has 3 heteroatoms. The Morgan fingerprint density at radius 1 is 1.47 bits per heavy atom. The Hall–Kier alpha value is -1.25. The van der Waals surface area contributed by atoms with Gasteiger partial charge in [-0.05, 0) is 37.3 Å². The molecule has 0 radical (unpaired) electrons. The van der Waals surface area contributed by atoms with Gasteiger partial charge in [0.05, 0.1) is 5.69 Å². The lowest BCUT2D eigenvalue weighted by Crippen LogP contribution is -2.24. The number of hydrogen-bond donors (Lipinski definition) is 1. The second-order valence-electron chi connectivity index (χ2n) is 4.41. The van der Waals surface area contributed by atoms with Crippen LogP contribution in [0, 0.1) is 5.92 Å². The van der Waals surface area contributed by atoms with Gasteiger partial charge < -0.3 is 10.5 Å². The molecule has 0 aromatic carbocycles. The molecule has 1 aliphatic rings. The number of aromatic nitrogens is 1. The monoisotopic (exact) mass is 206 g/mol. The molecule has 0 bridgehead atoms. The van der Waals surface area contributed by atoms with Crippen molar-refractivity contribution in [1.29, 1.82) is 0 Å². The average molecular weight is 206 g/mol. The zero-order chi connectivity index (χ0) is 10.7. The van der Waals surface area contributed by atoms with E-state index >= 15 is 0 Å². The first-order chi connectivity index (χ1) is 7.25. The molecule has 1 aliphatic carbocycles. The van der Waals surface area contributed by atoms with E-state index in [1.54, 1.807) is 6.20 Å². The normalized spacial score (nSPS) is 26.2. The van der Waals surface area contributed by atoms with Crippen LogP contribution in [-0.4, -0.2) is 11.1 Å². The van der Waals surface area contributed by atoms with E-state index < -0.39 is 0 Å². The van der Waals surface area contributed by atoms with Crippen molar-refractivity contribution >= 4 is 5.69 Å². The van der Waals surface area contributed by atoms with Crippen molar-refractivity contribution in [2.45, 2.75) is 38.7 Å². The molecule has 0 amide bonds. The summed E-state index contributed by atoms with van der Waals surface area (Å²) in [6.07, 6.45) is 6.83. The van der Waals surface area contributed by atoms with Crippen molar-refractivity contribution in [1.82, 2.24) is 4.98 Å². The minimum atomic E-state index is 0.297. The molecule has 2 N–H and O–H groups in total. The molecule has 0 saturated heterocycles. The second-order valence-corrected chi connectivity index (χ2v) is 4.41. The summed E-state index contributed by atoms with van der Waals surface area (Å²) in [6.45, 7) is 2.28. The van der Waals surface area contributed by atoms with E-state index in [0.29, 0.717) is 17.7 Å².